The van der Waals surface area contributed by atoms with Crippen molar-refractivity contribution in [3.63, 3.8) is 0 Å². The fourth-order valence-electron chi connectivity index (χ4n) is 3.01. The van der Waals surface area contributed by atoms with E-state index in [0.717, 1.165) is 6.07 Å². The van der Waals surface area contributed by atoms with Gasteiger partial charge in [0.05, 0.1) is 35.3 Å². The number of nitrogens with one attached hydrogen (secondary N) is 2. The third-order valence-corrected chi connectivity index (χ3v) is 6.05. The Morgan fingerprint density at radius 3 is 2.45 bits per heavy atom. The Kier molecular flexibility index (Phi) is 7.13. The molecule has 0 fully saturated rings. The number of anilines is 1. The highest BCUT2D eigenvalue weighted by Crippen LogP contribution is 2.25. The number of nitro benzene ring substituents is 1. The van der Waals surface area contributed by atoms with Crippen molar-refractivity contribution in [3.8, 4) is 11.5 Å². The Hall–Kier alpha value is -4.12. The molecule has 0 bridgehead atoms. The van der Waals surface area contributed by atoms with Crippen LogP contribution < -0.4 is 19.5 Å². The number of methoxy groups -OCH3 is 2. The molecule has 3 aromatic carbocycles. The van der Waals surface area contributed by atoms with Crippen molar-refractivity contribution < 1.29 is 27.6 Å². The normalized spacial score (nSPS) is 10.8. The molecule has 0 heterocycles. The molecule has 0 aromatic heterocycles. The van der Waals surface area contributed by atoms with Gasteiger partial charge >= 0.3 is 0 Å². The van der Waals surface area contributed by atoms with Gasteiger partial charge in [0.1, 0.15) is 11.5 Å². The van der Waals surface area contributed by atoms with E-state index in [2.05, 4.69) is 10.0 Å². The fourth-order valence-corrected chi connectivity index (χ4v) is 4.13. The van der Waals surface area contributed by atoms with Crippen LogP contribution >= 0.6 is 0 Å². The van der Waals surface area contributed by atoms with Crippen molar-refractivity contribution in [1.29, 1.82) is 0 Å². The van der Waals surface area contributed by atoms with Gasteiger partial charge in [0.25, 0.3) is 21.6 Å². The minimum absolute atomic E-state index is 0.0307. The maximum atomic E-state index is 12.8. The van der Waals surface area contributed by atoms with Crippen LogP contribution in [-0.4, -0.2) is 33.5 Å². The third-order valence-electron chi connectivity index (χ3n) is 4.69. The number of nitro groups is 1. The molecule has 0 saturated heterocycles. The van der Waals surface area contributed by atoms with Gasteiger partial charge in [0.15, 0.2) is 0 Å². The summed E-state index contributed by atoms with van der Waals surface area (Å²) in [7, 11) is -1.15. The van der Waals surface area contributed by atoms with Gasteiger partial charge in [-0.2, -0.15) is 0 Å². The lowest BCUT2D eigenvalue weighted by Gasteiger charge is -2.14. The molecule has 0 atom stereocenters. The Morgan fingerprint density at radius 2 is 1.76 bits per heavy atom. The Bertz CT molecular complexity index is 1290. The average molecular weight is 471 g/mol. The van der Waals surface area contributed by atoms with E-state index >= 15 is 0 Å². The van der Waals surface area contributed by atoms with Crippen LogP contribution in [0.4, 0.5) is 11.4 Å². The fraction of sp³-hybridized carbons (Fsp3) is 0.136. The molecule has 0 unspecified atom stereocenters. The molecule has 1 amide bonds. The predicted molar refractivity (Wildman–Crippen MR) is 121 cm³/mol. The molecule has 0 aliphatic rings. The number of carbonyl (C=O) groups is 1. The second-order valence-electron chi connectivity index (χ2n) is 6.77. The summed E-state index contributed by atoms with van der Waals surface area (Å²) in [6, 6.07) is 15.8. The zero-order chi connectivity index (χ0) is 24.0. The summed E-state index contributed by atoms with van der Waals surface area (Å²) in [6.07, 6.45) is 0. The highest BCUT2D eigenvalue weighted by atomic mass is 32.2. The number of hydrogen-bond donors (Lipinski definition) is 2. The number of ether oxygens (including phenoxy) is 2. The summed E-state index contributed by atoms with van der Waals surface area (Å²) in [5.41, 5.74) is 0.445. The summed E-state index contributed by atoms with van der Waals surface area (Å²) in [4.78, 5) is 22.8. The van der Waals surface area contributed by atoms with E-state index < -0.39 is 20.9 Å². The van der Waals surface area contributed by atoms with Crippen molar-refractivity contribution in [2.75, 3.05) is 18.9 Å². The van der Waals surface area contributed by atoms with Gasteiger partial charge in [-0.25, -0.2) is 8.42 Å². The van der Waals surface area contributed by atoms with Crippen LogP contribution in [-0.2, 0) is 16.6 Å². The van der Waals surface area contributed by atoms with Crippen molar-refractivity contribution in [2.24, 2.45) is 0 Å². The number of non-ortho nitro benzene ring substituents is 1. The van der Waals surface area contributed by atoms with Crippen LogP contribution in [0.5, 0.6) is 11.5 Å². The first-order valence-electron chi connectivity index (χ1n) is 9.60. The number of amides is 1. The lowest BCUT2D eigenvalue weighted by molar-refractivity contribution is -0.385. The van der Waals surface area contributed by atoms with Gasteiger partial charge in [-0.3, -0.25) is 19.6 Å². The SMILES string of the molecule is COc1ccc(CNC(=O)c2ccccc2NS(=O)(=O)c2cccc([N+](=O)[O-])c2)c(OC)c1. The zero-order valence-corrected chi connectivity index (χ0v) is 18.6. The highest BCUT2D eigenvalue weighted by Gasteiger charge is 2.21. The summed E-state index contributed by atoms with van der Waals surface area (Å²) in [5.74, 6) is 0.599. The van der Waals surface area contributed by atoms with Crippen molar-refractivity contribution >= 4 is 27.3 Å². The first-order valence-corrected chi connectivity index (χ1v) is 11.1. The third kappa shape index (κ3) is 5.57. The molecule has 10 nitrogen and oxygen atoms in total. The number of rotatable bonds is 9. The lowest BCUT2D eigenvalue weighted by Crippen LogP contribution is -2.25. The Morgan fingerprint density at radius 1 is 1.00 bits per heavy atom. The predicted octanol–water partition coefficient (Wildman–Crippen LogP) is 3.34. The topological polar surface area (TPSA) is 137 Å². The van der Waals surface area contributed by atoms with E-state index in [9.17, 15) is 23.3 Å². The zero-order valence-electron chi connectivity index (χ0n) is 17.8. The largest absolute Gasteiger partial charge is 0.497 e. The molecule has 172 valence electrons. The summed E-state index contributed by atoms with van der Waals surface area (Å²) in [5, 5.41) is 13.7. The molecule has 3 rings (SSSR count). The minimum Gasteiger partial charge on any atom is -0.497 e. The summed E-state index contributed by atoms with van der Waals surface area (Å²) < 4.78 is 38.4. The van der Waals surface area contributed by atoms with E-state index in [1.165, 1.54) is 44.6 Å². The summed E-state index contributed by atoms with van der Waals surface area (Å²) >= 11 is 0. The van der Waals surface area contributed by atoms with Crippen molar-refractivity contribution in [2.45, 2.75) is 11.4 Å². The number of hydrogen-bond acceptors (Lipinski definition) is 7. The molecule has 33 heavy (non-hydrogen) atoms. The van der Waals surface area contributed by atoms with Crippen LogP contribution in [0.1, 0.15) is 15.9 Å². The first kappa shape index (κ1) is 23.5. The second kappa shape index (κ2) is 10.0. The van der Waals surface area contributed by atoms with E-state index in [1.54, 1.807) is 30.3 Å². The van der Waals surface area contributed by atoms with E-state index in [1.807, 2.05) is 0 Å². The van der Waals surface area contributed by atoms with Gasteiger partial charge in [0, 0.05) is 30.3 Å². The van der Waals surface area contributed by atoms with Crippen LogP contribution in [0.2, 0.25) is 0 Å². The highest BCUT2D eigenvalue weighted by molar-refractivity contribution is 7.92. The smallest absolute Gasteiger partial charge is 0.270 e. The lowest BCUT2D eigenvalue weighted by atomic mass is 10.1. The summed E-state index contributed by atoms with van der Waals surface area (Å²) in [6.45, 7) is 0.123. The van der Waals surface area contributed by atoms with Gasteiger partial charge in [-0.05, 0) is 30.3 Å². The molecular formula is C22H21N3O7S. The molecule has 0 spiro atoms. The van der Waals surface area contributed by atoms with Crippen LogP contribution in [0.25, 0.3) is 0 Å². The minimum atomic E-state index is -4.18. The van der Waals surface area contributed by atoms with E-state index in [-0.39, 0.29) is 28.4 Å². The molecule has 0 saturated carbocycles. The standard InChI is InChI=1S/C22H21N3O7S/c1-31-17-11-10-15(21(13-17)32-2)14-23-22(26)19-8-3-4-9-20(19)24-33(29,30)18-7-5-6-16(12-18)25(27)28/h3-13,24H,14H2,1-2H3,(H,23,26). The molecule has 3 aromatic rings. The van der Waals surface area contributed by atoms with Crippen LogP contribution in [0.3, 0.4) is 0 Å². The molecule has 0 radical (unpaired) electrons. The van der Waals surface area contributed by atoms with Crippen molar-refractivity contribution in [1.82, 2.24) is 5.32 Å². The van der Waals surface area contributed by atoms with Crippen LogP contribution in [0, 0.1) is 10.1 Å². The van der Waals surface area contributed by atoms with Crippen LogP contribution in [0.15, 0.2) is 71.6 Å². The molecular weight excluding hydrogens is 450 g/mol. The number of nitrogens with zero attached hydrogens (tertiary/aromatic N) is 1. The monoisotopic (exact) mass is 471 g/mol. The maximum absolute atomic E-state index is 12.8. The molecule has 2 N–H and O–H groups in total. The maximum Gasteiger partial charge on any atom is 0.270 e. The second-order valence-corrected chi connectivity index (χ2v) is 8.45. The molecule has 0 aliphatic heterocycles. The number of benzene rings is 3. The van der Waals surface area contributed by atoms with Crippen molar-refractivity contribution in [3.05, 3.63) is 88.0 Å². The quantitative estimate of drug-likeness (QED) is 0.361. The molecule has 0 aliphatic carbocycles. The Balaban J connectivity index is 1.81. The molecule has 11 heteroatoms. The number of sulfonamides is 1. The number of carbonyl (C=O) groups excluding carboxylic acids is 1. The van der Waals surface area contributed by atoms with E-state index in [0.29, 0.717) is 17.1 Å². The Labute approximate surface area is 190 Å². The first-order chi connectivity index (χ1) is 15.7. The van der Waals surface area contributed by atoms with Gasteiger partial charge in [-0.1, -0.05) is 18.2 Å². The average Bonchev–Trinajstić information content (AvgIpc) is 2.82. The van der Waals surface area contributed by atoms with E-state index in [4.69, 9.17) is 9.47 Å². The number of para-hydroxylation sites is 1. The van der Waals surface area contributed by atoms with Gasteiger partial charge < -0.3 is 14.8 Å². The van der Waals surface area contributed by atoms with Gasteiger partial charge in [0.2, 0.25) is 0 Å². The van der Waals surface area contributed by atoms with Gasteiger partial charge in [-0.15, -0.1) is 0 Å².